The maximum absolute atomic E-state index is 11.7. The number of nitrogens with one attached hydrogen (secondary N) is 1. The van der Waals surface area contributed by atoms with Gasteiger partial charge in [0.05, 0.1) is 5.69 Å². The van der Waals surface area contributed by atoms with E-state index in [0.29, 0.717) is 5.69 Å². The summed E-state index contributed by atoms with van der Waals surface area (Å²) in [5.41, 5.74) is 4.20. The molecule has 14 heavy (non-hydrogen) atoms. The van der Waals surface area contributed by atoms with E-state index in [4.69, 9.17) is 0 Å². The topological polar surface area (TPSA) is 50.2 Å². The van der Waals surface area contributed by atoms with Crippen LogP contribution in [0, 0.1) is 6.92 Å². The first-order chi connectivity index (χ1) is 6.42. The molecule has 5 heteroatoms. The van der Waals surface area contributed by atoms with Crippen molar-refractivity contribution in [2.24, 2.45) is 0 Å². The molecule has 1 aliphatic heterocycles. The third-order valence-electron chi connectivity index (χ3n) is 2.33. The minimum atomic E-state index is -0.355. The molecule has 1 aliphatic rings. The van der Waals surface area contributed by atoms with E-state index in [0.717, 1.165) is 5.69 Å². The first kappa shape index (κ1) is 9.21. The monoisotopic (exact) mass is 194 g/mol. The van der Waals surface area contributed by atoms with Crippen molar-refractivity contribution in [1.29, 1.82) is 0 Å². The molecule has 1 aromatic heterocycles. The molecule has 2 rings (SSSR count). The predicted octanol–water partition coefficient (Wildman–Crippen LogP) is 0.474. The van der Waals surface area contributed by atoms with E-state index in [-0.39, 0.29) is 11.6 Å². The van der Waals surface area contributed by atoms with Gasteiger partial charge >= 0.3 is 0 Å². The van der Waals surface area contributed by atoms with Crippen LogP contribution >= 0.6 is 0 Å². The molecule has 0 radical (unpaired) electrons. The number of hydrogen-bond acceptors (Lipinski definition) is 3. The molecule has 0 saturated carbocycles. The molecule has 1 N–H and O–H groups in total. The summed E-state index contributed by atoms with van der Waals surface area (Å²) < 4.78 is 1.73. The Kier molecular flexibility index (Phi) is 1.69. The fourth-order valence-corrected chi connectivity index (χ4v) is 1.76. The summed E-state index contributed by atoms with van der Waals surface area (Å²) in [7, 11) is 1.72. The van der Waals surface area contributed by atoms with Crippen LogP contribution in [0.3, 0.4) is 0 Å². The number of carbonyl (C=O) groups excluding carboxylic acids is 1. The molecule has 0 unspecified atom stereocenters. The molecular formula is C9H14N4O. The molecule has 0 atom stereocenters. The second kappa shape index (κ2) is 2.57. The van der Waals surface area contributed by atoms with Gasteiger partial charge in [0.2, 0.25) is 0 Å². The van der Waals surface area contributed by atoms with Gasteiger partial charge in [-0.3, -0.25) is 9.80 Å². The van der Waals surface area contributed by atoms with Gasteiger partial charge in [0, 0.05) is 7.05 Å². The van der Waals surface area contributed by atoms with Crippen LogP contribution in [0.4, 0.5) is 0 Å². The van der Waals surface area contributed by atoms with E-state index >= 15 is 0 Å². The zero-order chi connectivity index (χ0) is 10.5. The second-order valence-electron chi connectivity index (χ2n) is 4.12. The lowest BCUT2D eigenvalue weighted by Gasteiger charge is -2.37. The molecule has 0 saturated heterocycles. The number of nitrogens with zero attached hydrogens (tertiary/aromatic N) is 3. The molecule has 0 aromatic carbocycles. The molecule has 1 aromatic rings. The third kappa shape index (κ3) is 1.13. The smallest absolute Gasteiger partial charge is 0.274 e. The number of fused-ring (bicyclic) bond motifs is 1. The van der Waals surface area contributed by atoms with Crippen molar-refractivity contribution in [3.63, 3.8) is 0 Å². The average Bonchev–Trinajstić information content (AvgIpc) is 2.44. The lowest BCUT2D eigenvalue weighted by atomic mass is 10.2. The molecular weight excluding hydrogens is 180 g/mol. The number of aromatic nitrogens is 2. The summed E-state index contributed by atoms with van der Waals surface area (Å²) in [6.45, 7) is 5.84. The van der Waals surface area contributed by atoms with Gasteiger partial charge < -0.3 is 0 Å². The van der Waals surface area contributed by atoms with E-state index < -0.39 is 0 Å². The maximum Gasteiger partial charge on any atom is 0.286 e. The molecule has 0 aliphatic carbocycles. The first-order valence-corrected chi connectivity index (χ1v) is 4.55. The molecule has 5 nitrogen and oxygen atoms in total. The Balaban J connectivity index is 2.61. The van der Waals surface area contributed by atoms with Crippen molar-refractivity contribution >= 4 is 5.91 Å². The number of hydrogen-bond donors (Lipinski definition) is 1. The lowest BCUT2D eigenvalue weighted by molar-refractivity contribution is 0.0344. The highest BCUT2D eigenvalue weighted by atomic mass is 16.2. The molecule has 0 fully saturated rings. The Bertz CT molecular complexity index is 394. The molecule has 2 heterocycles. The molecule has 1 amide bonds. The second-order valence-corrected chi connectivity index (χ2v) is 4.12. The highest BCUT2D eigenvalue weighted by Crippen LogP contribution is 2.21. The van der Waals surface area contributed by atoms with Gasteiger partial charge in [0.15, 0.2) is 0 Å². The van der Waals surface area contributed by atoms with Gasteiger partial charge in [-0.25, -0.2) is 10.1 Å². The van der Waals surface area contributed by atoms with Crippen LogP contribution in [-0.2, 0) is 5.66 Å². The summed E-state index contributed by atoms with van der Waals surface area (Å²) in [5, 5.41) is 5.79. The van der Waals surface area contributed by atoms with Crippen LogP contribution in [0.15, 0.2) is 6.07 Å². The maximum atomic E-state index is 11.7. The van der Waals surface area contributed by atoms with Crippen LogP contribution in [0.2, 0.25) is 0 Å². The first-order valence-electron chi connectivity index (χ1n) is 4.55. The van der Waals surface area contributed by atoms with Gasteiger partial charge in [-0.15, -0.1) is 0 Å². The van der Waals surface area contributed by atoms with Crippen molar-refractivity contribution in [3.8, 4) is 0 Å². The Hall–Kier alpha value is -1.36. The van der Waals surface area contributed by atoms with Gasteiger partial charge in [-0.2, -0.15) is 5.10 Å². The van der Waals surface area contributed by atoms with Gasteiger partial charge in [0.25, 0.3) is 5.91 Å². The Morgan fingerprint density at radius 2 is 2.14 bits per heavy atom. The van der Waals surface area contributed by atoms with Crippen molar-refractivity contribution < 1.29 is 4.79 Å². The Morgan fingerprint density at radius 3 is 2.79 bits per heavy atom. The largest absolute Gasteiger partial charge is 0.286 e. The standard InChI is InChI=1S/C9H14N4O/c1-6-5-7-8(14)12(4)11-9(2,3)13(7)10-6/h5,11H,1-4H3. The van der Waals surface area contributed by atoms with E-state index in [9.17, 15) is 4.79 Å². The summed E-state index contributed by atoms with van der Waals surface area (Å²) in [4.78, 5) is 11.7. The fourth-order valence-electron chi connectivity index (χ4n) is 1.76. The van der Waals surface area contributed by atoms with E-state index in [1.807, 2.05) is 20.8 Å². The normalized spacial score (nSPS) is 19.7. The van der Waals surface area contributed by atoms with Crippen LogP contribution in [0.25, 0.3) is 0 Å². The number of aryl methyl sites for hydroxylation is 1. The summed E-state index contributed by atoms with van der Waals surface area (Å²) in [6, 6.07) is 1.81. The number of carbonyl (C=O) groups is 1. The molecule has 0 spiro atoms. The summed E-state index contributed by atoms with van der Waals surface area (Å²) >= 11 is 0. The quantitative estimate of drug-likeness (QED) is 0.653. The van der Waals surface area contributed by atoms with Crippen molar-refractivity contribution in [1.82, 2.24) is 20.2 Å². The van der Waals surface area contributed by atoms with Crippen LogP contribution in [0.5, 0.6) is 0 Å². The van der Waals surface area contributed by atoms with Gasteiger partial charge in [-0.05, 0) is 26.8 Å². The van der Waals surface area contributed by atoms with Crippen molar-refractivity contribution in [2.45, 2.75) is 26.4 Å². The van der Waals surface area contributed by atoms with Crippen molar-refractivity contribution in [3.05, 3.63) is 17.5 Å². The Morgan fingerprint density at radius 1 is 1.50 bits per heavy atom. The molecule has 76 valence electrons. The average molecular weight is 194 g/mol. The van der Waals surface area contributed by atoms with E-state index in [2.05, 4.69) is 10.5 Å². The number of amides is 1. The van der Waals surface area contributed by atoms with Crippen LogP contribution in [-0.4, -0.2) is 27.7 Å². The zero-order valence-corrected chi connectivity index (χ0v) is 8.83. The number of hydrazine groups is 1. The summed E-state index contributed by atoms with van der Waals surface area (Å²) in [6.07, 6.45) is 0. The Labute approximate surface area is 82.7 Å². The highest BCUT2D eigenvalue weighted by molar-refractivity contribution is 5.92. The minimum absolute atomic E-state index is 0.0510. The molecule has 0 bridgehead atoms. The minimum Gasteiger partial charge on any atom is -0.274 e. The highest BCUT2D eigenvalue weighted by Gasteiger charge is 2.35. The zero-order valence-electron chi connectivity index (χ0n) is 8.83. The SMILES string of the molecule is Cc1cc2n(n1)C(C)(C)NN(C)C2=O. The lowest BCUT2D eigenvalue weighted by Crippen LogP contribution is -2.58. The van der Waals surface area contributed by atoms with E-state index in [1.54, 1.807) is 17.8 Å². The summed E-state index contributed by atoms with van der Waals surface area (Å²) in [5.74, 6) is -0.0510. The van der Waals surface area contributed by atoms with Crippen LogP contribution < -0.4 is 5.43 Å². The fraction of sp³-hybridized carbons (Fsp3) is 0.556. The van der Waals surface area contributed by atoms with Crippen LogP contribution in [0.1, 0.15) is 30.0 Å². The van der Waals surface area contributed by atoms with Crippen molar-refractivity contribution in [2.75, 3.05) is 7.05 Å². The van der Waals surface area contributed by atoms with Gasteiger partial charge in [0.1, 0.15) is 11.4 Å². The van der Waals surface area contributed by atoms with Gasteiger partial charge in [-0.1, -0.05) is 0 Å². The third-order valence-corrected chi connectivity index (χ3v) is 2.33. The predicted molar refractivity (Wildman–Crippen MR) is 51.5 cm³/mol. The number of rotatable bonds is 0. The van der Waals surface area contributed by atoms with E-state index in [1.165, 1.54) is 5.01 Å².